The Labute approximate surface area is 183 Å². The number of unbranched alkanes of at least 4 members (excludes halogenated alkanes) is 4. The second kappa shape index (κ2) is 56.2. The SMILES string of the molecule is C=C.C=CC.C=CC.CC.CC.CCCCCCC[C@@H](C)C/C=C/CC(C)C. The van der Waals surface area contributed by atoms with Crippen LogP contribution in [0.1, 0.15) is 121 Å². The van der Waals surface area contributed by atoms with Crippen LogP contribution in [0.3, 0.4) is 0 Å². The third kappa shape index (κ3) is 85.3. The second-order valence-electron chi connectivity index (χ2n) is 6.46. The summed E-state index contributed by atoms with van der Waals surface area (Å²) in [5.41, 5.74) is 0. The van der Waals surface area contributed by atoms with Crippen molar-refractivity contribution in [2.24, 2.45) is 11.8 Å². The molecule has 0 heteroatoms. The largest absolute Gasteiger partial charge is 0.106 e. The molecule has 0 aromatic heterocycles. The summed E-state index contributed by atoms with van der Waals surface area (Å²) >= 11 is 0. The van der Waals surface area contributed by atoms with E-state index in [0.717, 1.165) is 11.8 Å². The van der Waals surface area contributed by atoms with Crippen LogP contribution in [0.5, 0.6) is 0 Å². The highest BCUT2D eigenvalue weighted by Gasteiger charge is 1.99. The standard InChI is InChI=1S/C16H32.2C3H6.2C2H6.C2H4/c1-5-6-7-8-9-13-16(4)14-11-10-12-15(2)3;2*1-3-2;3*1-2/h10-11,15-16H,5-9,12-14H2,1-4H3;2*3H,1H2,2H3;2*1-2H3;1-2H2/b11-10+;;;;;/t16-;;;;;/m1...../s1. The van der Waals surface area contributed by atoms with E-state index in [4.69, 9.17) is 0 Å². The summed E-state index contributed by atoms with van der Waals surface area (Å²) in [5.74, 6) is 1.69. The maximum absolute atomic E-state index is 3.36. The molecule has 0 fully saturated rings. The van der Waals surface area contributed by atoms with Gasteiger partial charge in [-0.3, -0.25) is 0 Å². The summed E-state index contributed by atoms with van der Waals surface area (Å²) in [4.78, 5) is 0. The van der Waals surface area contributed by atoms with E-state index in [9.17, 15) is 0 Å². The molecule has 0 saturated carbocycles. The zero-order valence-corrected chi connectivity index (χ0v) is 21.9. The normalized spacial score (nSPS) is 9.39. The van der Waals surface area contributed by atoms with Gasteiger partial charge in [0.15, 0.2) is 0 Å². The fourth-order valence-electron chi connectivity index (χ4n) is 1.91. The van der Waals surface area contributed by atoms with Gasteiger partial charge in [0.2, 0.25) is 0 Å². The summed E-state index contributed by atoms with van der Waals surface area (Å²) in [6, 6.07) is 0. The molecular formula is C28H60. The Kier molecular flexibility index (Phi) is 83.0. The van der Waals surface area contributed by atoms with Crippen LogP contribution in [0, 0.1) is 11.8 Å². The smallest absolute Gasteiger partial charge is 0.0325 e. The lowest BCUT2D eigenvalue weighted by Crippen LogP contribution is -1.93. The minimum atomic E-state index is 0.806. The number of allylic oxidation sites excluding steroid dienone is 4. The van der Waals surface area contributed by atoms with Gasteiger partial charge < -0.3 is 0 Å². The van der Waals surface area contributed by atoms with E-state index < -0.39 is 0 Å². The van der Waals surface area contributed by atoms with Crippen molar-refractivity contribution in [2.75, 3.05) is 0 Å². The quantitative estimate of drug-likeness (QED) is 0.254. The van der Waals surface area contributed by atoms with Crippen LogP contribution < -0.4 is 0 Å². The topological polar surface area (TPSA) is 0 Å². The van der Waals surface area contributed by atoms with Crippen LogP contribution in [0.15, 0.2) is 50.6 Å². The van der Waals surface area contributed by atoms with E-state index in [1.807, 2.05) is 41.5 Å². The zero-order chi connectivity index (χ0) is 23.6. The monoisotopic (exact) mass is 396 g/mol. The first kappa shape index (κ1) is 41.4. The Balaban J connectivity index is -0.0000000839. The molecule has 0 N–H and O–H groups in total. The Morgan fingerprint density at radius 2 is 1.04 bits per heavy atom. The fourth-order valence-corrected chi connectivity index (χ4v) is 1.91. The summed E-state index contributed by atoms with van der Waals surface area (Å²) in [6.07, 6.45) is 19.3. The van der Waals surface area contributed by atoms with Gasteiger partial charge in [-0.2, -0.15) is 0 Å². The van der Waals surface area contributed by atoms with Crippen LogP contribution >= 0.6 is 0 Å². The van der Waals surface area contributed by atoms with Crippen molar-refractivity contribution >= 4 is 0 Å². The summed E-state index contributed by atoms with van der Waals surface area (Å²) < 4.78 is 0. The van der Waals surface area contributed by atoms with Gasteiger partial charge in [-0.05, 0) is 38.5 Å². The molecule has 0 saturated heterocycles. The third-order valence-corrected chi connectivity index (χ3v) is 3.11. The van der Waals surface area contributed by atoms with Gasteiger partial charge in [0, 0.05) is 0 Å². The van der Waals surface area contributed by atoms with Crippen molar-refractivity contribution in [2.45, 2.75) is 121 Å². The average molecular weight is 397 g/mol. The molecule has 28 heavy (non-hydrogen) atoms. The summed E-state index contributed by atoms with van der Waals surface area (Å²) in [7, 11) is 0. The van der Waals surface area contributed by atoms with E-state index in [1.54, 1.807) is 12.2 Å². The van der Waals surface area contributed by atoms with Crippen molar-refractivity contribution in [3.8, 4) is 0 Å². The van der Waals surface area contributed by atoms with Gasteiger partial charge in [-0.1, -0.05) is 118 Å². The maximum atomic E-state index is 3.36. The molecule has 0 bridgehead atoms. The van der Waals surface area contributed by atoms with Crippen molar-refractivity contribution in [3.05, 3.63) is 50.6 Å². The molecule has 0 spiro atoms. The van der Waals surface area contributed by atoms with E-state index in [0.29, 0.717) is 0 Å². The van der Waals surface area contributed by atoms with Gasteiger partial charge in [-0.25, -0.2) is 0 Å². The molecule has 0 aromatic rings. The lowest BCUT2D eigenvalue weighted by Gasteiger charge is -2.08. The molecule has 0 aromatic carbocycles. The molecule has 0 amide bonds. The van der Waals surface area contributed by atoms with Crippen molar-refractivity contribution in [3.63, 3.8) is 0 Å². The first-order chi connectivity index (χ1) is 13.5. The predicted octanol–water partition coefficient (Wildman–Crippen LogP) is 11.2. The molecule has 0 radical (unpaired) electrons. The van der Waals surface area contributed by atoms with E-state index in [-0.39, 0.29) is 0 Å². The van der Waals surface area contributed by atoms with E-state index in [1.165, 1.54) is 51.4 Å². The lowest BCUT2D eigenvalue weighted by molar-refractivity contribution is 0.489. The summed E-state index contributed by atoms with van der Waals surface area (Å²) in [6.45, 7) is 33.7. The first-order valence-corrected chi connectivity index (χ1v) is 11.8. The Bertz CT molecular complexity index is 228. The Morgan fingerprint density at radius 3 is 1.39 bits per heavy atom. The highest BCUT2D eigenvalue weighted by Crippen LogP contribution is 2.15. The molecule has 0 unspecified atom stereocenters. The van der Waals surface area contributed by atoms with Gasteiger partial charge in [0.25, 0.3) is 0 Å². The van der Waals surface area contributed by atoms with Gasteiger partial charge in [0.1, 0.15) is 0 Å². The molecule has 0 rings (SSSR count). The first-order valence-electron chi connectivity index (χ1n) is 11.8. The van der Waals surface area contributed by atoms with Crippen LogP contribution in [-0.4, -0.2) is 0 Å². The predicted molar refractivity (Wildman–Crippen MR) is 141 cm³/mol. The van der Waals surface area contributed by atoms with E-state index >= 15 is 0 Å². The van der Waals surface area contributed by atoms with Crippen molar-refractivity contribution < 1.29 is 0 Å². The van der Waals surface area contributed by atoms with Crippen molar-refractivity contribution in [1.29, 1.82) is 0 Å². The van der Waals surface area contributed by atoms with Crippen LogP contribution in [0.2, 0.25) is 0 Å². The van der Waals surface area contributed by atoms with Gasteiger partial charge in [0.05, 0.1) is 0 Å². The molecule has 1 atom stereocenters. The minimum Gasteiger partial charge on any atom is -0.106 e. The lowest BCUT2D eigenvalue weighted by atomic mass is 9.98. The van der Waals surface area contributed by atoms with Crippen LogP contribution in [0.25, 0.3) is 0 Å². The molecular weight excluding hydrogens is 336 g/mol. The Hall–Kier alpha value is -1.04. The molecule has 0 aliphatic heterocycles. The highest BCUT2D eigenvalue weighted by molar-refractivity contribution is 4.83. The fraction of sp³-hybridized carbons (Fsp3) is 0.714. The zero-order valence-electron chi connectivity index (χ0n) is 21.9. The Morgan fingerprint density at radius 1 is 0.679 bits per heavy atom. The van der Waals surface area contributed by atoms with Gasteiger partial charge in [-0.15, -0.1) is 26.3 Å². The van der Waals surface area contributed by atoms with Crippen LogP contribution in [-0.2, 0) is 0 Å². The molecule has 0 aliphatic rings. The molecule has 172 valence electrons. The second-order valence-corrected chi connectivity index (χ2v) is 6.46. The van der Waals surface area contributed by atoms with E-state index in [2.05, 4.69) is 66.2 Å². The minimum absolute atomic E-state index is 0.806. The van der Waals surface area contributed by atoms with Gasteiger partial charge >= 0.3 is 0 Å². The molecule has 0 heterocycles. The number of rotatable bonds is 10. The highest BCUT2D eigenvalue weighted by atomic mass is 14.0. The third-order valence-electron chi connectivity index (χ3n) is 3.11. The van der Waals surface area contributed by atoms with Crippen molar-refractivity contribution in [1.82, 2.24) is 0 Å². The maximum Gasteiger partial charge on any atom is -0.0325 e. The summed E-state index contributed by atoms with van der Waals surface area (Å²) in [5, 5.41) is 0. The molecule has 0 aliphatic carbocycles. The van der Waals surface area contributed by atoms with Crippen LogP contribution in [0.4, 0.5) is 0 Å². The molecule has 0 nitrogen and oxygen atoms in total. The number of hydrogen-bond acceptors (Lipinski definition) is 0. The average Bonchev–Trinajstić information content (AvgIpc) is 2.71. The number of hydrogen-bond donors (Lipinski definition) is 0.